The maximum atomic E-state index is 9.02. The van der Waals surface area contributed by atoms with Crippen molar-refractivity contribution in [2.75, 3.05) is 13.7 Å². The number of hydrogen-bond donors (Lipinski definition) is 3. The molecule has 0 aromatic heterocycles. The summed E-state index contributed by atoms with van der Waals surface area (Å²) in [6.45, 7) is 0.539. The molecule has 1 aromatic rings. The number of nitrogens with one attached hydrogen (secondary N) is 1. The zero-order valence-electron chi connectivity index (χ0n) is 10.6. The van der Waals surface area contributed by atoms with Crippen molar-refractivity contribution in [1.29, 1.82) is 5.41 Å². The molecule has 0 aliphatic carbocycles. The van der Waals surface area contributed by atoms with Crippen LogP contribution in [-0.2, 0) is 6.61 Å². The third-order valence-corrected chi connectivity index (χ3v) is 2.51. The molecule has 18 heavy (non-hydrogen) atoms. The number of methoxy groups -OCH3 is 1. The fourth-order valence-corrected chi connectivity index (χ4v) is 1.53. The molecule has 1 aromatic carbocycles. The molecule has 0 saturated heterocycles. The van der Waals surface area contributed by atoms with E-state index in [1.807, 2.05) is 0 Å². The van der Waals surface area contributed by atoms with Crippen molar-refractivity contribution in [3.8, 4) is 11.5 Å². The average molecular weight is 252 g/mol. The summed E-state index contributed by atoms with van der Waals surface area (Å²) in [5.74, 6) is 1.49. The third-order valence-electron chi connectivity index (χ3n) is 2.51. The van der Waals surface area contributed by atoms with Crippen LogP contribution in [-0.4, -0.2) is 24.7 Å². The molecule has 5 heteroatoms. The van der Waals surface area contributed by atoms with E-state index in [0.717, 1.165) is 18.4 Å². The molecule has 0 unspecified atom stereocenters. The molecule has 0 atom stereocenters. The minimum atomic E-state index is -0.0186. The van der Waals surface area contributed by atoms with Gasteiger partial charge in [0.05, 0.1) is 26.2 Å². The van der Waals surface area contributed by atoms with Crippen LogP contribution in [0.5, 0.6) is 11.5 Å². The number of hydrogen-bond acceptors (Lipinski definition) is 4. The molecule has 0 aliphatic heterocycles. The molecule has 0 aliphatic rings. The fraction of sp³-hybridized carbons (Fsp3) is 0.462. The van der Waals surface area contributed by atoms with Crippen LogP contribution in [0.4, 0.5) is 0 Å². The number of aliphatic hydroxyl groups excluding tert-OH is 1. The molecule has 0 saturated carbocycles. The molecule has 0 radical (unpaired) electrons. The van der Waals surface area contributed by atoms with Gasteiger partial charge in [0.15, 0.2) is 11.5 Å². The fourth-order valence-electron chi connectivity index (χ4n) is 1.53. The molecule has 0 bridgehead atoms. The Morgan fingerprint density at radius 3 is 2.72 bits per heavy atom. The summed E-state index contributed by atoms with van der Waals surface area (Å²) in [5, 5.41) is 16.1. The smallest absolute Gasteiger partial charge is 0.161 e. The van der Waals surface area contributed by atoms with E-state index >= 15 is 0 Å². The highest BCUT2D eigenvalue weighted by molar-refractivity contribution is 5.76. The highest BCUT2D eigenvalue weighted by Crippen LogP contribution is 2.28. The van der Waals surface area contributed by atoms with E-state index in [2.05, 4.69) is 0 Å². The summed E-state index contributed by atoms with van der Waals surface area (Å²) in [7, 11) is 1.57. The predicted octanol–water partition coefficient (Wildman–Crippen LogP) is 1.67. The maximum Gasteiger partial charge on any atom is 0.161 e. The van der Waals surface area contributed by atoms with Crippen molar-refractivity contribution < 1.29 is 14.6 Å². The number of ether oxygens (including phenoxy) is 2. The van der Waals surface area contributed by atoms with E-state index in [4.69, 9.17) is 25.7 Å². The first kappa shape index (κ1) is 14.3. The Balaban J connectivity index is 2.44. The summed E-state index contributed by atoms with van der Waals surface area (Å²) in [4.78, 5) is 0. The lowest BCUT2D eigenvalue weighted by Crippen LogP contribution is -2.09. The molecule has 1 rings (SSSR count). The van der Waals surface area contributed by atoms with Crippen molar-refractivity contribution in [1.82, 2.24) is 0 Å². The standard InChI is InChI=1S/C13H20N2O3/c1-17-12-8-10(9-16)5-6-11(12)18-7-3-2-4-13(14)15/h5-6,8,16H,2-4,7,9H2,1H3,(H3,14,15). The SMILES string of the molecule is COc1cc(CO)ccc1OCCCCC(=N)N. The molecular formula is C13H20N2O3. The van der Waals surface area contributed by atoms with Crippen LogP contribution in [0.15, 0.2) is 18.2 Å². The lowest BCUT2D eigenvalue weighted by Gasteiger charge is -2.11. The Morgan fingerprint density at radius 2 is 2.11 bits per heavy atom. The Labute approximate surface area is 107 Å². The first-order valence-electron chi connectivity index (χ1n) is 5.91. The van der Waals surface area contributed by atoms with Gasteiger partial charge in [0.1, 0.15) is 0 Å². The second-order valence-electron chi connectivity index (χ2n) is 3.97. The highest BCUT2D eigenvalue weighted by Gasteiger charge is 2.05. The van der Waals surface area contributed by atoms with E-state index in [1.165, 1.54) is 0 Å². The van der Waals surface area contributed by atoms with Crippen LogP contribution in [0.25, 0.3) is 0 Å². The maximum absolute atomic E-state index is 9.02. The van der Waals surface area contributed by atoms with Gasteiger partial charge in [-0.05, 0) is 30.5 Å². The number of aliphatic hydroxyl groups is 1. The van der Waals surface area contributed by atoms with Crippen LogP contribution in [0.3, 0.4) is 0 Å². The summed E-state index contributed by atoms with van der Waals surface area (Å²) < 4.78 is 10.8. The summed E-state index contributed by atoms with van der Waals surface area (Å²) in [6, 6.07) is 5.34. The molecule has 0 heterocycles. The molecule has 4 N–H and O–H groups in total. The average Bonchev–Trinajstić information content (AvgIpc) is 2.38. The highest BCUT2D eigenvalue weighted by atomic mass is 16.5. The van der Waals surface area contributed by atoms with E-state index in [-0.39, 0.29) is 12.4 Å². The first-order valence-corrected chi connectivity index (χ1v) is 5.91. The van der Waals surface area contributed by atoms with Gasteiger partial charge in [-0.1, -0.05) is 6.07 Å². The first-order chi connectivity index (χ1) is 8.67. The summed E-state index contributed by atoms with van der Waals surface area (Å²) in [5.41, 5.74) is 6.05. The van der Waals surface area contributed by atoms with Gasteiger partial charge >= 0.3 is 0 Å². The second kappa shape index (κ2) is 7.55. The zero-order valence-corrected chi connectivity index (χ0v) is 10.6. The van der Waals surface area contributed by atoms with Crippen molar-refractivity contribution >= 4 is 5.84 Å². The number of amidine groups is 1. The van der Waals surface area contributed by atoms with Gasteiger partial charge < -0.3 is 20.3 Å². The zero-order chi connectivity index (χ0) is 13.4. The van der Waals surface area contributed by atoms with Crippen molar-refractivity contribution in [2.24, 2.45) is 5.73 Å². The third kappa shape index (κ3) is 4.63. The van der Waals surface area contributed by atoms with Crippen LogP contribution in [0.2, 0.25) is 0 Å². The molecular weight excluding hydrogens is 232 g/mol. The molecule has 100 valence electrons. The number of rotatable bonds is 8. The molecule has 0 amide bonds. The molecule has 0 spiro atoms. The predicted molar refractivity (Wildman–Crippen MR) is 70.2 cm³/mol. The molecule has 0 fully saturated rings. The monoisotopic (exact) mass is 252 g/mol. The van der Waals surface area contributed by atoms with Crippen LogP contribution in [0, 0.1) is 5.41 Å². The van der Waals surface area contributed by atoms with Crippen molar-refractivity contribution in [2.45, 2.75) is 25.9 Å². The lowest BCUT2D eigenvalue weighted by atomic mass is 10.2. The largest absolute Gasteiger partial charge is 0.493 e. The van der Waals surface area contributed by atoms with E-state index in [0.29, 0.717) is 24.5 Å². The van der Waals surface area contributed by atoms with Crippen molar-refractivity contribution in [3.05, 3.63) is 23.8 Å². The topological polar surface area (TPSA) is 88.6 Å². The summed E-state index contributed by atoms with van der Waals surface area (Å²) in [6.07, 6.45) is 2.28. The molecule has 5 nitrogen and oxygen atoms in total. The van der Waals surface area contributed by atoms with Gasteiger partial charge in [0.2, 0.25) is 0 Å². The van der Waals surface area contributed by atoms with Gasteiger partial charge in [0, 0.05) is 6.42 Å². The van der Waals surface area contributed by atoms with E-state index in [1.54, 1.807) is 25.3 Å². The minimum Gasteiger partial charge on any atom is -0.493 e. The van der Waals surface area contributed by atoms with Gasteiger partial charge in [0.25, 0.3) is 0 Å². The Hall–Kier alpha value is -1.75. The Kier molecular flexibility index (Phi) is 6.00. The van der Waals surface area contributed by atoms with Gasteiger partial charge in [-0.2, -0.15) is 0 Å². The number of nitrogens with two attached hydrogens (primary N) is 1. The quantitative estimate of drug-likeness (QED) is 0.373. The van der Waals surface area contributed by atoms with Gasteiger partial charge in [-0.25, -0.2) is 0 Å². The summed E-state index contributed by atoms with van der Waals surface area (Å²) >= 11 is 0. The van der Waals surface area contributed by atoms with Crippen molar-refractivity contribution in [3.63, 3.8) is 0 Å². The number of unbranched alkanes of at least 4 members (excludes halogenated alkanes) is 1. The Bertz CT molecular complexity index is 394. The van der Waals surface area contributed by atoms with Crippen LogP contribution >= 0.6 is 0 Å². The van der Waals surface area contributed by atoms with Crippen LogP contribution in [0.1, 0.15) is 24.8 Å². The van der Waals surface area contributed by atoms with Gasteiger partial charge in [-0.3, -0.25) is 5.41 Å². The second-order valence-corrected chi connectivity index (χ2v) is 3.97. The minimum absolute atomic E-state index is 0.0186. The van der Waals surface area contributed by atoms with Gasteiger partial charge in [-0.15, -0.1) is 0 Å². The Morgan fingerprint density at radius 1 is 1.33 bits per heavy atom. The van der Waals surface area contributed by atoms with Crippen LogP contribution < -0.4 is 15.2 Å². The normalized spacial score (nSPS) is 10.1. The van der Waals surface area contributed by atoms with E-state index in [9.17, 15) is 0 Å². The van der Waals surface area contributed by atoms with E-state index < -0.39 is 0 Å². The number of benzene rings is 1. The lowest BCUT2D eigenvalue weighted by molar-refractivity contribution is 0.275.